The third-order valence-electron chi connectivity index (χ3n) is 6.08. The molecule has 6 heteroatoms. The van der Waals surface area contributed by atoms with E-state index in [1.807, 2.05) is 30.3 Å². The Hall–Kier alpha value is -2.96. The molecule has 0 amide bonds. The van der Waals surface area contributed by atoms with Gasteiger partial charge in [0.1, 0.15) is 0 Å². The Morgan fingerprint density at radius 3 is 2.09 bits per heavy atom. The fourth-order valence-corrected chi connectivity index (χ4v) is 5.66. The van der Waals surface area contributed by atoms with Crippen molar-refractivity contribution in [2.75, 3.05) is 7.11 Å². The molecule has 2 N–H and O–H groups in total. The second-order valence-corrected chi connectivity index (χ2v) is 11.8. The van der Waals surface area contributed by atoms with Gasteiger partial charge >= 0.3 is 5.97 Å². The Morgan fingerprint density at radius 2 is 1.50 bits per heavy atom. The van der Waals surface area contributed by atoms with E-state index in [1.54, 1.807) is 48.5 Å². The summed E-state index contributed by atoms with van der Waals surface area (Å²) in [7, 11) is -2.61. The third kappa shape index (κ3) is 5.57. The van der Waals surface area contributed by atoms with Gasteiger partial charge in [-0.1, -0.05) is 87.5 Å². The van der Waals surface area contributed by atoms with Gasteiger partial charge in [-0.05, 0) is 46.2 Å². The third-order valence-corrected chi connectivity index (χ3v) is 8.31. The second kappa shape index (κ2) is 10.1. The quantitative estimate of drug-likeness (QED) is 0.464. The van der Waals surface area contributed by atoms with Gasteiger partial charge < -0.3 is 10.5 Å². The number of esters is 1. The molecule has 0 heterocycles. The predicted molar refractivity (Wildman–Crippen MR) is 135 cm³/mol. The van der Waals surface area contributed by atoms with Gasteiger partial charge in [0.05, 0.1) is 12.0 Å². The summed E-state index contributed by atoms with van der Waals surface area (Å²) in [5.74, 6) is -0.319. The van der Waals surface area contributed by atoms with Crippen molar-refractivity contribution in [1.29, 1.82) is 0 Å². The Morgan fingerprint density at radius 1 is 0.853 bits per heavy atom. The molecule has 0 saturated heterocycles. The summed E-state index contributed by atoms with van der Waals surface area (Å²) in [6.45, 7) is 6.40. The molecule has 3 aromatic carbocycles. The summed E-state index contributed by atoms with van der Waals surface area (Å²) < 4.78 is 32.6. The van der Waals surface area contributed by atoms with Crippen LogP contribution in [-0.4, -0.2) is 21.5 Å². The van der Waals surface area contributed by atoms with Crippen LogP contribution in [0.1, 0.15) is 49.4 Å². The van der Waals surface area contributed by atoms with Crippen molar-refractivity contribution in [3.63, 3.8) is 0 Å². The van der Waals surface area contributed by atoms with Crippen LogP contribution in [0.2, 0.25) is 0 Å². The van der Waals surface area contributed by atoms with Crippen molar-refractivity contribution in [2.24, 2.45) is 5.73 Å². The molecule has 0 bridgehead atoms. The number of rotatable bonds is 8. The Kier molecular flexibility index (Phi) is 7.64. The number of ether oxygens (including phenoxy) is 1. The molecular formula is C28H33NO4S. The number of nitrogens with two attached hydrogens (primary N) is 1. The van der Waals surface area contributed by atoms with E-state index >= 15 is 0 Å². The Labute approximate surface area is 202 Å². The van der Waals surface area contributed by atoms with Crippen molar-refractivity contribution in [3.05, 3.63) is 101 Å². The molecule has 1 unspecified atom stereocenters. The van der Waals surface area contributed by atoms with Crippen LogP contribution >= 0.6 is 0 Å². The maximum Gasteiger partial charge on any atom is 0.305 e. The number of carbonyl (C=O) groups is 1. The summed E-state index contributed by atoms with van der Waals surface area (Å²) in [5.41, 5.74) is 10.1. The fraction of sp³-hybridized carbons (Fsp3) is 0.321. The standard InChI is InChI=1S/C28H33NO4S/c1-27(2,3)23-16-13-22(14-17-23)20-28(29,34(31,32)25-11-6-5-7-12-25)24-10-8-9-21(19-24)15-18-26(30)33-4/h5-14,16-17,19H,15,18,20,29H2,1-4H3. The highest BCUT2D eigenvalue weighted by Gasteiger charge is 2.43. The minimum absolute atomic E-state index is 0.0115. The first-order chi connectivity index (χ1) is 16.0. The molecule has 3 aromatic rings. The molecule has 0 aliphatic rings. The smallest absolute Gasteiger partial charge is 0.305 e. The average Bonchev–Trinajstić information content (AvgIpc) is 2.82. The normalized spacial score (nSPS) is 13.8. The maximum absolute atomic E-state index is 13.9. The molecule has 0 saturated carbocycles. The van der Waals surface area contributed by atoms with Crippen molar-refractivity contribution in [2.45, 2.75) is 55.2 Å². The lowest BCUT2D eigenvalue weighted by atomic mass is 9.86. The summed E-state index contributed by atoms with van der Waals surface area (Å²) in [6, 6.07) is 23.4. The van der Waals surface area contributed by atoms with Crippen LogP contribution < -0.4 is 5.73 Å². The molecule has 5 nitrogen and oxygen atoms in total. The topological polar surface area (TPSA) is 86.5 Å². The van der Waals surface area contributed by atoms with Crippen LogP contribution in [0, 0.1) is 0 Å². The molecule has 0 aliphatic carbocycles. The molecule has 0 aromatic heterocycles. The molecule has 34 heavy (non-hydrogen) atoms. The molecule has 0 aliphatic heterocycles. The zero-order valence-corrected chi connectivity index (χ0v) is 21.1. The first-order valence-corrected chi connectivity index (χ1v) is 12.8. The molecule has 0 radical (unpaired) electrons. The highest BCUT2D eigenvalue weighted by Crippen LogP contribution is 2.35. The van der Waals surface area contributed by atoms with Gasteiger partial charge in [-0.2, -0.15) is 0 Å². The van der Waals surface area contributed by atoms with E-state index < -0.39 is 14.7 Å². The number of methoxy groups -OCH3 is 1. The van der Waals surface area contributed by atoms with Crippen molar-refractivity contribution in [3.8, 4) is 0 Å². The summed E-state index contributed by atoms with van der Waals surface area (Å²) in [5, 5.41) is 0. The van der Waals surface area contributed by atoms with Gasteiger partial charge in [0.25, 0.3) is 0 Å². The van der Waals surface area contributed by atoms with E-state index in [0.717, 1.165) is 16.7 Å². The van der Waals surface area contributed by atoms with Gasteiger partial charge in [-0.3, -0.25) is 4.79 Å². The van der Waals surface area contributed by atoms with Crippen molar-refractivity contribution in [1.82, 2.24) is 0 Å². The van der Waals surface area contributed by atoms with E-state index in [-0.39, 0.29) is 29.1 Å². The number of aryl methyl sites for hydroxylation is 1. The highest BCUT2D eigenvalue weighted by atomic mass is 32.2. The number of hydrogen-bond acceptors (Lipinski definition) is 5. The first kappa shape index (κ1) is 25.7. The molecule has 1 atom stereocenters. The average molecular weight is 480 g/mol. The number of sulfone groups is 1. The monoisotopic (exact) mass is 479 g/mol. The lowest BCUT2D eigenvalue weighted by Gasteiger charge is -2.31. The minimum atomic E-state index is -3.96. The van der Waals surface area contributed by atoms with Crippen LogP contribution in [0.3, 0.4) is 0 Å². The van der Waals surface area contributed by atoms with Crippen LogP contribution in [0.5, 0.6) is 0 Å². The van der Waals surface area contributed by atoms with Gasteiger partial charge in [-0.15, -0.1) is 0 Å². The van der Waals surface area contributed by atoms with E-state index in [0.29, 0.717) is 12.0 Å². The zero-order chi connectivity index (χ0) is 25.0. The summed E-state index contributed by atoms with van der Waals surface area (Å²) >= 11 is 0. The Balaban J connectivity index is 2.07. The van der Waals surface area contributed by atoms with Gasteiger partial charge in [0, 0.05) is 12.8 Å². The highest BCUT2D eigenvalue weighted by molar-refractivity contribution is 7.92. The molecule has 0 fully saturated rings. The lowest BCUT2D eigenvalue weighted by molar-refractivity contribution is -0.140. The second-order valence-electron chi connectivity index (χ2n) is 9.61. The van der Waals surface area contributed by atoms with E-state index in [1.165, 1.54) is 7.11 Å². The van der Waals surface area contributed by atoms with Crippen LogP contribution in [0.15, 0.2) is 83.8 Å². The summed E-state index contributed by atoms with van der Waals surface area (Å²) in [4.78, 5) is 10.1. The fourth-order valence-electron chi connectivity index (χ4n) is 3.93. The van der Waals surface area contributed by atoms with Crippen molar-refractivity contribution < 1.29 is 17.9 Å². The molecule has 0 spiro atoms. The number of benzene rings is 3. The maximum atomic E-state index is 13.9. The number of carbonyl (C=O) groups excluding carboxylic acids is 1. The van der Waals surface area contributed by atoms with Crippen LogP contribution in [-0.2, 0) is 42.5 Å². The Bertz CT molecular complexity index is 1230. The SMILES string of the molecule is COC(=O)CCc1cccc(C(N)(Cc2ccc(C(C)(C)C)cc2)S(=O)(=O)c2ccccc2)c1. The van der Waals surface area contributed by atoms with Crippen molar-refractivity contribution >= 4 is 15.8 Å². The van der Waals surface area contributed by atoms with Gasteiger partial charge in [0.2, 0.25) is 9.84 Å². The largest absolute Gasteiger partial charge is 0.469 e. The van der Waals surface area contributed by atoms with E-state index in [2.05, 4.69) is 20.8 Å². The van der Waals surface area contributed by atoms with Crippen LogP contribution in [0.25, 0.3) is 0 Å². The molecule has 180 valence electrons. The molecule has 3 rings (SSSR count). The zero-order valence-electron chi connectivity index (χ0n) is 20.2. The molecular weight excluding hydrogens is 446 g/mol. The van der Waals surface area contributed by atoms with Gasteiger partial charge in [-0.25, -0.2) is 8.42 Å². The summed E-state index contributed by atoms with van der Waals surface area (Å²) in [6.07, 6.45) is 0.745. The number of hydrogen-bond donors (Lipinski definition) is 1. The first-order valence-electron chi connectivity index (χ1n) is 11.3. The van der Waals surface area contributed by atoms with Crippen LogP contribution in [0.4, 0.5) is 0 Å². The van der Waals surface area contributed by atoms with E-state index in [4.69, 9.17) is 10.5 Å². The predicted octanol–water partition coefficient (Wildman–Crippen LogP) is 4.92. The van der Waals surface area contributed by atoms with Gasteiger partial charge in [0.15, 0.2) is 4.87 Å². The minimum Gasteiger partial charge on any atom is -0.469 e. The van der Waals surface area contributed by atoms with E-state index in [9.17, 15) is 13.2 Å². The lowest BCUT2D eigenvalue weighted by Crippen LogP contribution is -2.47.